The molecule has 0 aliphatic carbocycles. The van der Waals surface area contributed by atoms with Gasteiger partial charge in [-0.3, -0.25) is 0 Å². The van der Waals surface area contributed by atoms with Crippen molar-refractivity contribution in [2.75, 3.05) is 19.1 Å². The molecule has 2 heterocycles. The number of hydrogen-bond donors (Lipinski definition) is 0. The second-order valence-electron chi connectivity index (χ2n) is 7.21. The minimum atomic E-state index is 0.411. The van der Waals surface area contributed by atoms with E-state index in [1.165, 1.54) is 0 Å². The third-order valence-corrected chi connectivity index (χ3v) is 5.09. The Kier molecular flexibility index (Phi) is 5.72. The standard InChI is InChI=1S/C24H23N5O2/c1-17-12-23(24-26-14-20(13-25)29(24)27-17)28(15-18-4-8-21(30-2)9-5-18)16-19-6-10-22(31-3)11-7-19/h4-12,14H,15-16H2,1-3H3. The Morgan fingerprint density at radius 2 is 1.48 bits per heavy atom. The first-order chi connectivity index (χ1) is 15.1. The third kappa shape index (κ3) is 4.28. The van der Waals surface area contributed by atoms with Gasteiger partial charge in [-0.1, -0.05) is 24.3 Å². The molecule has 0 aliphatic heterocycles. The molecule has 4 aromatic rings. The SMILES string of the molecule is COc1ccc(CN(Cc2ccc(OC)cc2)c2cc(C)nn3c(C#N)cnc23)cc1. The van der Waals surface area contributed by atoms with E-state index in [0.29, 0.717) is 24.4 Å². The number of fused-ring (bicyclic) bond motifs is 1. The lowest BCUT2D eigenvalue weighted by Crippen LogP contribution is -2.23. The predicted octanol–water partition coefficient (Wildman–Crippen LogP) is 4.13. The molecule has 7 heteroatoms. The van der Waals surface area contributed by atoms with E-state index >= 15 is 0 Å². The zero-order chi connectivity index (χ0) is 21.8. The summed E-state index contributed by atoms with van der Waals surface area (Å²) in [7, 11) is 3.32. The Bertz CT molecular complexity index is 1170. The number of aromatic nitrogens is 3. The van der Waals surface area contributed by atoms with Gasteiger partial charge >= 0.3 is 0 Å². The number of hydrogen-bond acceptors (Lipinski definition) is 6. The number of methoxy groups -OCH3 is 2. The molecule has 7 nitrogen and oxygen atoms in total. The fourth-order valence-electron chi connectivity index (χ4n) is 3.51. The molecule has 2 aromatic carbocycles. The minimum Gasteiger partial charge on any atom is -0.497 e. The van der Waals surface area contributed by atoms with Crippen molar-refractivity contribution in [1.29, 1.82) is 5.26 Å². The Morgan fingerprint density at radius 3 is 1.97 bits per heavy atom. The van der Waals surface area contributed by atoms with Gasteiger partial charge in [-0.05, 0) is 48.4 Å². The molecule has 0 saturated heterocycles. The van der Waals surface area contributed by atoms with Crippen LogP contribution in [0.1, 0.15) is 22.5 Å². The molecule has 0 bridgehead atoms. The van der Waals surface area contributed by atoms with Gasteiger partial charge in [-0.2, -0.15) is 10.4 Å². The van der Waals surface area contributed by atoms with Gasteiger partial charge in [0.15, 0.2) is 11.3 Å². The van der Waals surface area contributed by atoms with Crippen molar-refractivity contribution in [1.82, 2.24) is 14.6 Å². The predicted molar refractivity (Wildman–Crippen MR) is 118 cm³/mol. The number of ether oxygens (including phenoxy) is 2. The highest BCUT2D eigenvalue weighted by Gasteiger charge is 2.17. The van der Waals surface area contributed by atoms with Gasteiger partial charge in [-0.25, -0.2) is 9.50 Å². The van der Waals surface area contributed by atoms with Gasteiger partial charge in [0.2, 0.25) is 0 Å². The van der Waals surface area contributed by atoms with Crippen molar-refractivity contribution in [3.05, 3.63) is 83.3 Å². The summed E-state index contributed by atoms with van der Waals surface area (Å²) in [6.07, 6.45) is 1.56. The summed E-state index contributed by atoms with van der Waals surface area (Å²) in [5, 5.41) is 13.9. The number of nitrogens with zero attached hydrogens (tertiary/aromatic N) is 5. The van der Waals surface area contributed by atoms with Gasteiger partial charge in [0.05, 0.1) is 31.8 Å². The van der Waals surface area contributed by atoms with Crippen LogP contribution < -0.4 is 14.4 Å². The second kappa shape index (κ2) is 8.76. The highest BCUT2D eigenvalue weighted by Crippen LogP contribution is 2.27. The fraction of sp³-hybridized carbons (Fsp3) is 0.208. The Hall–Kier alpha value is -4.05. The van der Waals surface area contributed by atoms with Crippen molar-refractivity contribution in [2.45, 2.75) is 20.0 Å². The lowest BCUT2D eigenvalue weighted by atomic mass is 10.1. The van der Waals surface area contributed by atoms with Crippen LogP contribution in [0, 0.1) is 18.3 Å². The highest BCUT2D eigenvalue weighted by atomic mass is 16.5. The second-order valence-corrected chi connectivity index (χ2v) is 7.21. The van der Waals surface area contributed by atoms with E-state index in [1.807, 2.05) is 37.3 Å². The number of anilines is 1. The summed E-state index contributed by atoms with van der Waals surface area (Å²) < 4.78 is 12.2. The summed E-state index contributed by atoms with van der Waals surface area (Å²) in [5.41, 5.74) is 5.06. The maximum atomic E-state index is 9.43. The molecule has 156 valence electrons. The molecule has 0 saturated carbocycles. The zero-order valence-electron chi connectivity index (χ0n) is 17.7. The van der Waals surface area contributed by atoms with Gasteiger partial charge in [-0.15, -0.1) is 0 Å². The van der Waals surface area contributed by atoms with Crippen LogP contribution in [-0.4, -0.2) is 28.8 Å². The lowest BCUT2D eigenvalue weighted by Gasteiger charge is -2.26. The van der Waals surface area contributed by atoms with E-state index in [1.54, 1.807) is 24.9 Å². The summed E-state index contributed by atoms with van der Waals surface area (Å²) >= 11 is 0. The number of rotatable bonds is 7. The number of aryl methyl sites for hydroxylation is 1. The van der Waals surface area contributed by atoms with Crippen LogP contribution in [0.3, 0.4) is 0 Å². The molecule has 0 spiro atoms. The smallest absolute Gasteiger partial charge is 0.178 e. The molecule has 31 heavy (non-hydrogen) atoms. The topological polar surface area (TPSA) is 75.7 Å². The third-order valence-electron chi connectivity index (χ3n) is 5.09. The maximum Gasteiger partial charge on any atom is 0.178 e. The van der Waals surface area contributed by atoms with E-state index in [-0.39, 0.29) is 0 Å². The van der Waals surface area contributed by atoms with E-state index < -0.39 is 0 Å². The molecule has 2 aromatic heterocycles. The van der Waals surface area contributed by atoms with Crippen molar-refractivity contribution in [2.24, 2.45) is 0 Å². The quantitative estimate of drug-likeness (QED) is 0.453. The zero-order valence-corrected chi connectivity index (χ0v) is 17.7. The van der Waals surface area contributed by atoms with Crippen molar-refractivity contribution >= 4 is 11.3 Å². The van der Waals surface area contributed by atoms with E-state index in [0.717, 1.165) is 34.0 Å². The van der Waals surface area contributed by atoms with E-state index in [4.69, 9.17) is 9.47 Å². The largest absolute Gasteiger partial charge is 0.497 e. The van der Waals surface area contributed by atoms with Crippen molar-refractivity contribution < 1.29 is 9.47 Å². The van der Waals surface area contributed by atoms with Crippen LogP contribution in [0.25, 0.3) is 5.65 Å². The van der Waals surface area contributed by atoms with Gasteiger partial charge in [0.25, 0.3) is 0 Å². The van der Waals surface area contributed by atoms with Gasteiger partial charge < -0.3 is 14.4 Å². The molecule has 0 N–H and O–H groups in total. The molecule has 0 aliphatic rings. The first kappa shape index (κ1) is 20.2. The van der Waals surface area contributed by atoms with Crippen molar-refractivity contribution in [3.8, 4) is 17.6 Å². The number of nitriles is 1. The molecule has 4 rings (SSSR count). The summed E-state index contributed by atoms with van der Waals surface area (Å²) in [5.74, 6) is 1.64. The average molecular weight is 413 g/mol. The fourth-order valence-corrected chi connectivity index (χ4v) is 3.51. The van der Waals surface area contributed by atoms with Crippen LogP contribution in [0.2, 0.25) is 0 Å². The Balaban J connectivity index is 1.76. The summed E-state index contributed by atoms with van der Waals surface area (Å²) in [6.45, 7) is 3.23. The van der Waals surface area contributed by atoms with Gasteiger partial charge in [0.1, 0.15) is 17.6 Å². The maximum absolute atomic E-state index is 9.43. The lowest BCUT2D eigenvalue weighted by molar-refractivity contribution is 0.414. The van der Waals surface area contributed by atoms with Crippen LogP contribution in [0.5, 0.6) is 11.5 Å². The molecule has 0 fully saturated rings. The molecule has 0 radical (unpaired) electrons. The number of benzene rings is 2. The minimum absolute atomic E-state index is 0.411. The van der Waals surface area contributed by atoms with Crippen LogP contribution in [0.4, 0.5) is 5.69 Å². The summed E-state index contributed by atoms with van der Waals surface area (Å²) in [4.78, 5) is 6.72. The first-order valence-corrected chi connectivity index (χ1v) is 9.87. The normalized spacial score (nSPS) is 10.6. The Morgan fingerprint density at radius 1 is 0.935 bits per heavy atom. The molecular formula is C24H23N5O2. The number of imidazole rings is 1. The molecule has 0 unspecified atom stereocenters. The van der Waals surface area contributed by atoms with Crippen LogP contribution >= 0.6 is 0 Å². The first-order valence-electron chi connectivity index (χ1n) is 9.87. The Labute approximate surface area is 181 Å². The van der Waals surface area contributed by atoms with Crippen LogP contribution in [-0.2, 0) is 13.1 Å². The molecule has 0 atom stereocenters. The monoisotopic (exact) mass is 413 g/mol. The van der Waals surface area contributed by atoms with E-state index in [9.17, 15) is 5.26 Å². The van der Waals surface area contributed by atoms with Gasteiger partial charge in [0, 0.05) is 13.1 Å². The van der Waals surface area contributed by atoms with Crippen LogP contribution in [0.15, 0.2) is 60.8 Å². The molecular weight excluding hydrogens is 390 g/mol. The average Bonchev–Trinajstić information content (AvgIpc) is 3.22. The highest BCUT2D eigenvalue weighted by molar-refractivity contribution is 5.70. The summed E-state index contributed by atoms with van der Waals surface area (Å²) in [6, 6.07) is 20.2. The van der Waals surface area contributed by atoms with Crippen molar-refractivity contribution in [3.63, 3.8) is 0 Å². The van der Waals surface area contributed by atoms with E-state index in [2.05, 4.69) is 45.3 Å². The molecule has 0 amide bonds.